The first-order valence-electron chi connectivity index (χ1n) is 19.7. The van der Waals surface area contributed by atoms with E-state index in [2.05, 4.69) is 17.2 Å². The average Bonchev–Trinajstić information content (AvgIpc) is 3.71. The van der Waals surface area contributed by atoms with Gasteiger partial charge < -0.3 is 35.5 Å². The quantitative estimate of drug-likeness (QED) is 0.127. The highest BCUT2D eigenvalue weighted by molar-refractivity contribution is 6.25. The summed E-state index contributed by atoms with van der Waals surface area (Å²) >= 11 is 0. The molecule has 2 saturated heterocycles. The zero-order chi connectivity index (χ0) is 42.7. The van der Waals surface area contributed by atoms with Crippen LogP contribution in [0.3, 0.4) is 0 Å². The zero-order valence-corrected chi connectivity index (χ0v) is 33.3. The Morgan fingerprint density at radius 2 is 1.57 bits per heavy atom. The van der Waals surface area contributed by atoms with Crippen LogP contribution in [0.25, 0.3) is 0 Å². The number of hydrogen-bond acceptors (Lipinski definition) is 11. The third kappa shape index (κ3) is 7.04. The SMILES string of the molecule is COC(=O)[C@@H](NC(=O)N1C(=O)[C@@]2(c3cc(C#CCCO)ccc31)[C@H](c1ccccc1OCCO)N1[C@H](c3ccccc3)[C@H](c3ccccc3)OC(=O)[C@H]1[C@@H]2C(N)=O)C(C)C. The molecular formula is C46H46N4O10. The highest BCUT2D eigenvalue weighted by Crippen LogP contribution is 2.66. The number of benzene rings is 4. The topological polar surface area (TPSA) is 198 Å². The summed E-state index contributed by atoms with van der Waals surface area (Å²) in [7, 11) is 1.19. The predicted molar refractivity (Wildman–Crippen MR) is 218 cm³/mol. The van der Waals surface area contributed by atoms with Gasteiger partial charge in [0.2, 0.25) is 11.8 Å². The lowest BCUT2D eigenvalue weighted by atomic mass is 9.65. The Labute approximate surface area is 347 Å². The van der Waals surface area contributed by atoms with Crippen LogP contribution < -0.4 is 20.7 Å². The number of fused-ring (bicyclic) bond motifs is 3. The minimum absolute atomic E-state index is 0.0617. The van der Waals surface area contributed by atoms with Crippen LogP contribution in [0.15, 0.2) is 103 Å². The number of urea groups is 1. The van der Waals surface area contributed by atoms with Crippen LogP contribution in [-0.4, -0.2) is 83.9 Å². The van der Waals surface area contributed by atoms with Gasteiger partial charge in [-0.25, -0.2) is 14.5 Å². The molecule has 0 aliphatic carbocycles. The predicted octanol–water partition coefficient (Wildman–Crippen LogP) is 3.85. The summed E-state index contributed by atoms with van der Waals surface area (Å²) in [6.07, 6.45) is -0.824. The molecule has 310 valence electrons. The lowest BCUT2D eigenvalue weighted by Crippen LogP contribution is -2.57. The molecule has 7 rings (SSSR count). The van der Waals surface area contributed by atoms with Crippen molar-refractivity contribution >= 4 is 35.5 Å². The molecule has 4 aromatic carbocycles. The number of anilines is 1. The minimum Gasteiger partial charge on any atom is -0.491 e. The van der Waals surface area contributed by atoms with Gasteiger partial charge >= 0.3 is 18.0 Å². The Bertz CT molecular complexity index is 2340. The minimum atomic E-state index is -2.16. The van der Waals surface area contributed by atoms with Crippen molar-refractivity contribution in [2.75, 3.05) is 31.8 Å². The van der Waals surface area contributed by atoms with Crippen LogP contribution in [-0.2, 0) is 34.1 Å². The number of carbonyl (C=O) groups excluding carboxylic acids is 5. The van der Waals surface area contributed by atoms with Crippen LogP contribution in [0.2, 0.25) is 0 Å². The molecule has 14 heteroatoms. The van der Waals surface area contributed by atoms with Gasteiger partial charge in [0.15, 0.2) is 0 Å². The van der Waals surface area contributed by atoms with E-state index in [1.807, 2.05) is 60.7 Å². The summed E-state index contributed by atoms with van der Waals surface area (Å²) in [6, 6.07) is 24.1. The zero-order valence-electron chi connectivity index (χ0n) is 33.3. The van der Waals surface area contributed by atoms with E-state index in [4.69, 9.17) is 19.9 Å². The number of para-hydroxylation sites is 1. The Morgan fingerprint density at radius 1 is 0.900 bits per heavy atom. The molecule has 14 nitrogen and oxygen atoms in total. The third-order valence-electron chi connectivity index (χ3n) is 11.4. The Hall–Kier alpha value is -6.53. The van der Waals surface area contributed by atoms with Gasteiger partial charge in [0.1, 0.15) is 36.0 Å². The molecule has 3 heterocycles. The van der Waals surface area contributed by atoms with Crippen LogP contribution in [0.5, 0.6) is 5.75 Å². The summed E-state index contributed by atoms with van der Waals surface area (Å²) in [6.45, 7) is 2.72. The molecule has 0 radical (unpaired) electrons. The maximum absolute atomic E-state index is 16.1. The third-order valence-corrected chi connectivity index (χ3v) is 11.4. The highest BCUT2D eigenvalue weighted by Gasteiger charge is 2.75. The van der Waals surface area contributed by atoms with Crippen LogP contribution >= 0.6 is 0 Å². The van der Waals surface area contributed by atoms with Gasteiger partial charge in [-0.05, 0) is 46.9 Å². The van der Waals surface area contributed by atoms with E-state index >= 15 is 4.79 Å². The number of aliphatic hydroxyl groups is 2. The maximum Gasteiger partial charge on any atom is 0.329 e. The van der Waals surface area contributed by atoms with Crippen molar-refractivity contribution in [3.8, 4) is 17.6 Å². The van der Waals surface area contributed by atoms with E-state index in [9.17, 15) is 29.4 Å². The number of nitrogens with two attached hydrogens (primary N) is 1. The van der Waals surface area contributed by atoms with E-state index in [-0.39, 0.29) is 43.2 Å². The van der Waals surface area contributed by atoms with Gasteiger partial charge in [-0.2, -0.15) is 0 Å². The number of cyclic esters (lactones) is 1. The largest absolute Gasteiger partial charge is 0.491 e. The number of carbonyl (C=O) groups is 5. The number of nitrogens with zero attached hydrogens (tertiary/aromatic N) is 2. The molecule has 60 heavy (non-hydrogen) atoms. The normalized spacial score (nSPS) is 23.6. The molecule has 0 unspecified atom stereocenters. The Morgan fingerprint density at radius 3 is 2.20 bits per heavy atom. The molecule has 1 spiro atoms. The number of methoxy groups -OCH3 is 1. The van der Waals surface area contributed by atoms with Gasteiger partial charge in [-0.15, -0.1) is 0 Å². The summed E-state index contributed by atoms with van der Waals surface area (Å²) in [5.74, 6) is 0.523. The van der Waals surface area contributed by atoms with Crippen molar-refractivity contribution < 1.29 is 48.4 Å². The fourth-order valence-electron chi connectivity index (χ4n) is 9.02. The van der Waals surface area contributed by atoms with E-state index in [0.29, 0.717) is 22.3 Å². The molecule has 5 N–H and O–H groups in total. The van der Waals surface area contributed by atoms with Gasteiger partial charge in [0.05, 0.1) is 44.0 Å². The van der Waals surface area contributed by atoms with Crippen molar-refractivity contribution in [2.24, 2.45) is 17.6 Å². The van der Waals surface area contributed by atoms with Crippen molar-refractivity contribution in [1.82, 2.24) is 10.2 Å². The maximum atomic E-state index is 16.1. The molecular weight excluding hydrogens is 769 g/mol. The van der Waals surface area contributed by atoms with Gasteiger partial charge in [-0.3, -0.25) is 19.3 Å². The second-order valence-electron chi connectivity index (χ2n) is 15.1. The van der Waals surface area contributed by atoms with E-state index in [1.165, 1.54) is 13.2 Å². The Kier molecular flexibility index (Phi) is 12.0. The van der Waals surface area contributed by atoms with Crippen LogP contribution in [0, 0.1) is 23.7 Å². The molecule has 7 atom stereocenters. The number of imide groups is 1. The Balaban J connectivity index is 1.58. The second-order valence-corrected chi connectivity index (χ2v) is 15.1. The molecule has 0 saturated carbocycles. The molecule has 3 aliphatic heterocycles. The fourth-order valence-corrected chi connectivity index (χ4v) is 9.02. The van der Waals surface area contributed by atoms with E-state index < -0.39 is 77.3 Å². The number of aliphatic hydroxyl groups excluding tert-OH is 2. The van der Waals surface area contributed by atoms with Crippen LogP contribution in [0.4, 0.5) is 10.5 Å². The number of ether oxygens (including phenoxy) is 3. The first kappa shape index (κ1) is 41.6. The molecule has 4 amide bonds. The van der Waals surface area contributed by atoms with Gasteiger partial charge in [0, 0.05) is 17.5 Å². The van der Waals surface area contributed by atoms with Crippen molar-refractivity contribution in [3.05, 3.63) is 131 Å². The van der Waals surface area contributed by atoms with Gasteiger partial charge in [0.25, 0.3) is 0 Å². The summed E-state index contributed by atoms with van der Waals surface area (Å²) in [4.78, 5) is 75.7. The summed E-state index contributed by atoms with van der Waals surface area (Å²) < 4.78 is 17.5. The smallest absolute Gasteiger partial charge is 0.329 e. The number of rotatable bonds is 11. The number of morpholine rings is 1. The van der Waals surface area contributed by atoms with Gasteiger partial charge in [-0.1, -0.05) is 105 Å². The van der Waals surface area contributed by atoms with Crippen molar-refractivity contribution in [2.45, 2.75) is 56.0 Å². The first-order chi connectivity index (χ1) is 29.0. The number of hydrogen-bond donors (Lipinski definition) is 4. The lowest BCUT2D eigenvalue weighted by Gasteiger charge is -2.46. The fraction of sp³-hybridized carbons (Fsp3) is 0.326. The standard InChI is InChI=1S/C46H46N4O10/c1-27(2)36(42(54)58-3)48-45(57)49-33-22-21-28(14-12-13-23-51)26-32(33)46(44(49)56)35(41(47)53)38-43(55)60-39(30-17-8-5-9-18-30)37(29-15-6-4-7-16-29)50(38)40(46)31-19-10-11-20-34(31)59-25-24-52/h4-11,15-22,26-27,35-40,51-52H,13,23-25H2,1-3H3,(H2,47,53)(H,48,57)/t35-,36+,37-,38-,39+,40+,46-/m1/s1. The molecule has 0 aromatic heterocycles. The molecule has 4 aromatic rings. The summed E-state index contributed by atoms with van der Waals surface area (Å²) in [5.41, 5.74) is 6.57. The molecule has 3 aliphatic rings. The van der Waals surface area contributed by atoms with E-state index in [0.717, 1.165) is 4.90 Å². The number of amides is 4. The first-order valence-corrected chi connectivity index (χ1v) is 19.7. The molecule has 2 fully saturated rings. The number of esters is 2. The highest BCUT2D eigenvalue weighted by atomic mass is 16.6. The second kappa shape index (κ2) is 17.4. The van der Waals surface area contributed by atoms with Crippen molar-refractivity contribution in [3.63, 3.8) is 0 Å². The van der Waals surface area contributed by atoms with Crippen molar-refractivity contribution in [1.29, 1.82) is 0 Å². The lowest BCUT2D eigenvalue weighted by molar-refractivity contribution is -0.178. The molecule has 0 bridgehead atoms. The van der Waals surface area contributed by atoms with Crippen LogP contribution in [0.1, 0.15) is 66.3 Å². The van der Waals surface area contributed by atoms with E-state index in [1.54, 1.807) is 55.1 Å². The average molecular weight is 815 g/mol. The monoisotopic (exact) mass is 814 g/mol. The summed E-state index contributed by atoms with van der Waals surface area (Å²) in [5, 5.41) is 22.1. The number of primary amides is 1. The number of nitrogens with one attached hydrogen (secondary N) is 1.